The Morgan fingerprint density at radius 2 is 2.20 bits per heavy atom. The lowest BCUT2D eigenvalue weighted by Gasteiger charge is -2.06. The van der Waals surface area contributed by atoms with Crippen LogP contribution in [-0.4, -0.2) is 29.7 Å². The first-order valence-electron chi connectivity index (χ1n) is 7.09. The Labute approximate surface area is 117 Å². The van der Waals surface area contributed by atoms with Crippen molar-refractivity contribution < 1.29 is 4.74 Å². The maximum Gasteiger partial charge on any atom is 0.258 e. The molecule has 1 heterocycles. The summed E-state index contributed by atoms with van der Waals surface area (Å²) in [4.78, 5) is 19.1. The van der Waals surface area contributed by atoms with Gasteiger partial charge in [0.25, 0.3) is 5.56 Å². The van der Waals surface area contributed by atoms with E-state index in [0.717, 1.165) is 24.6 Å². The number of aromatic nitrogens is 2. The number of nitrogens with one attached hydrogen (secondary N) is 2. The van der Waals surface area contributed by atoms with Gasteiger partial charge in [-0.05, 0) is 30.9 Å². The van der Waals surface area contributed by atoms with E-state index < -0.39 is 0 Å². The Hall–Kier alpha value is -1.72. The van der Waals surface area contributed by atoms with E-state index >= 15 is 0 Å². The van der Waals surface area contributed by atoms with Crippen molar-refractivity contribution in [3.63, 3.8) is 0 Å². The average Bonchev–Trinajstić information content (AvgIpc) is 3.27. The molecule has 20 heavy (non-hydrogen) atoms. The third-order valence-corrected chi connectivity index (χ3v) is 3.43. The molecule has 1 aromatic heterocycles. The Morgan fingerprint density at radius 1 is 1.35 bits per heavy atom. The number of fused-ring (bicyclic) bond motifs is 1. The fourth-order valence-electron chi connectivity index (χ4n) is 2.10. The first-order valence-corrected chi connectivity index (χ1v) is 7.09. The average molecular weight is 273 g/mol. The van der Waals surface area contributed by atoms with Crippen molar-refractivity contribution >= 4 is 10.9 Å². The highest BCUT2D eigenvalue weighted by Gasteiger charge is 2.20. The molecule has 0 saturated heterocycles. The Balaban J connectivity index is 1.50. The lowest BCUT2D eigenvalue weighted by atomic mass is 10.2. The zero-order chi connectivity index (χ0) is 13.8. The molecule has 1 saturated carbocycles. The van der Waals surface area contributed by atoms with Crippen molar-refractivity contribution in [3.05, 3.63) is 40.4 Å². The van der Waals surface area contributed by atoms with E-state index in [1.807, 2.05) is 18.2 Å². The van der Waals surface area contributed by atoms with Crippen LogP contribution in [0.5, 0.6) is 0 Å². The Bertz CT molecular complexity index is 634. The zero-order valence-corrected chi connectivity index (χ0v) is 11.4. The number of nitrogens with zero attached hydrogens (tertiary/aromatic N) is 1. The first-order chi connectivity index (χ1) is 9.83. The third-order valence-electron chi connectivity index (χ3n) is 3.43. The molecule has 106 valence electrons. The van der Waals surface area contributed by atoms with Crippen molar-refractivity contribution in [3.8, 4) is 0 Å². The predicted molar refractivity (Wildman–Crippen MR) is 77.6 cm³/mol. The van der Waals surface area contributed by atoms with Gasteiger partial charge >= 0.3 is 0 Å². The Morgan fingerprint density at radius 3 is 3.05 bits per heavy atom. The minimum Gasteiger partial charge on any atom is -0.380 e. The molecule has 0 amide bonds. The van der Waals surface area contributed by atoms with Crippen molar-refractivity contribution in [2.75, 3.05) is 19.8 Å². The third kappa shape index (κ3) is 3.43. The molecule has 0 radical (unpaired) electrons. The monoisotopic (exact) mass is 273 g/mol. The predicted octanol–water partition coefficient (Wildman–Crippen LogP) is 1.44. The molecule has 0 bridgehead atoms. The van der Waals surface area contributed by atoms with Crippen molar-refractivity contribution in [1.82, 2.24) is 15.3 Å². The number of H-pyrrole nitrogens is 1. The van der Waals surface area contributed by atoms with Gasteiger partial charge in [0.1, 0.15) is 5.82 Å². The smallest absolute Gasteiger partial charge is 0.258 e. The maximum atomic E-state index is 11.9. The lowest BCUT2D eigenvalue weighted by molar-refractivity contribution is 0.126. The fourth-order valence-corrected chi connectivity index (χ4v) is 2.10. The highest BCUT2D eigenvalue weighted by atomic mass is 16.5. The van der Waals surface area contributed by atoms with Crippen LogP contribution in [0.2, 0.25) is 0 Å². The molecule has 1 fully saturated rings. The summed E-state index contributed by atoms with van der Waals surface area (Å²) in [5, 5.41) is 3.86. The quantitative estimate of drug-likeness (QED) is 0.749. The van der Waals surface area contributed by atoms with Crippen LogP contribution in [0.15, 0.2) is 29.1 Å². The fraction of sp³-hybridized carbons (Fsp3) is 0.467. The SMILES string of the molecule is O=c1[nH]c(CNCCOCC2CC2)nc2ccccc12. The summed E-state index contributed by atoms with van der Waals surface area (Å²) in [6.45, 7) is 2.90. The van der Waals surface area contributed by atoms with Crippen LogP contribution in [0.1, 0.15) is 18.7 Å². The molecule has 1 aromatic carbocycles. The van der Waals surface area contributed by atoms with Crippen LogP contribution in [-0.2, 0) is 11.3 Å². The molecule has 5 heteroatoms. The van der Waals surface area contributed by atoms with Crippen LogP contribution >= 0.6 is 0 Å². The molecule has 1 aliphatic rings. The molecular formula is C15H19N3O2. The van der Waals surface area contributed by atoms with Crippen LogP contribution in [0.4, 0.5) is 0 Å². The van der Waals surface area contributed by atoms with Gasteiger partial charge in [-0.25, -0.2) is 4.98 Å². The highest BCUT2D eigenvalue weighted by molar-refractivity contribution is 5.77. The van der Waals surface area contributed by atoms with Gasteiger partial charge in [-0.2, -0.15) is 0 Å². The molecule has 0 atom stereocenters. The summed E-state index contributed by atoms with van der Waals surface area (Å²) in [6, 6.07) is 7.36. The number of hydrogen-bond acceptors (Lipinski definition) is 4. The minimum absolute atomic E-state index is 0.0858. The first kappa shape index (κ1) is 13.3. The summed E-state index contributed by atoms with van der Waals surface area (Å²) < 4.78 is 5.53. The number of aromatic amines is 1. The highest BCUT2D eigenvalue weighted by Crippen LogP contribution is 2.28. The van der Waals surface area contributed by atoms with Crippen molar-refractivity contribution in [2.24, 2.45) is 5.92 Å². The zero-order valence-electron chi connectivity index (χ0n) is 11.4. The van der Waals surface area contributed by atoms with Gasteiger partial charge < -0.3 is 15.0 Å². The van der Waals surface area contributed by atoms with Gasteiger partial charge in [-0.1, -0.05) is 12.1 Å². The number of hydrogen-bond donors (Lipinski definition) is 2. The second-order valence-corrected chi connectivity index (χ2v) is 5.22. The van der Waals surface area contributed by atoms with Gasteiger partial charge in [0.2, 0.25) is 0 Å². The van der Waals surface area contributed by atoms with Crippen LogP contribution < -0.4 is 10.9 Å². The molecule has 0 aliphatic heterocycles. The molecule has 0 spiro atoms. The number of para-hydroxylation sites is 1. The molecule has 2 N–H and O–H groups in total. The second kappa shape index (κ2) is 6.15. The molecule has 1 aliphatic carbocycles. The molecular weight excluding hydrogens is 254 g/mol. The molecule has 0 unspecified atom stereocenters. The number of ether oxygens (including phenoxy) is 1. The number of rotatable bonds is 7. The van der Waals surface area contributed by atoms with Crippen molar-refractivity contribution in [1.29, 1.82) is 0 Å². The summed E-state index contributed by atoms with van der Waals surface area (Å²) in [5.41, 5.74) is 0.649. The van der Waals surface area contributed by atoms with Gasteiger partial charge in [0.15, 0.2) is 0 Å². The van der Waals surface area contributed by atoms with Crippen LogP contribution in [0.25, 0.3) is 10.9 Å². The molecule has 3 rings (SSSR count). The van der Waals surface area contributed by atoms with Gasteiger partial charge in [0, 0.05) is 13.2 Å². The standard InChI is InChI=1S/C15H19N3O2/c19-15-12-3-1-2-4-13(12)17-14(18-15)9-16-7-8-20-10-11-5-6-11/h1-4,11,16H,5-10H2,(H,17,18,19). The normalized spacial score (nSPS) is 14.8. The van der Waals surface area contributed by atoms with Gasteiger partial charge in [-0.3, -0.25) is 4.79 Å². The van der Waals surface area contributed by atoms with E-state index in [9.17, 15) is 4.79 Å². The number of benzene rings is 1. The summed E-state index contributed by atoms with van der Waals surface area (Å²) >= 11 is 0. The Kier molecular flexibility index (Phi) is 4.08. The molecule has 5 nitrogen and oxygen atoms in total. The maximum absolute atomic E-state index is 11.9. The second-order valence-electron chi connectivity index (χ2n) is 5.22. The van der Waals surface area contributed by atoms with Crippen molar-refractivity contribution in [2.45, 2.75) is 19.4 Å². The van der Waals surface area contributed by atoms with E-state index in [-0.39, 0.29) is 5.56 Å². The summed E-state index contributed by atoms with van der Waals surface area (Å²) in [6.07, 6.45) is 2.63. The van der Waals surface area contributed by atoms with Gasteiger partial charge in [-0.15, -0.1) is 0 Å². The van der Waals surface area contributed by atoms with E-state index in [4.69, 9.17) is 4.74 Å². The summed E-state index contributed by atoms with van der Waals surface area (Å²) in [5.74, 6) is 1.46. The van der Waals surface area contributed by atoms with E-state index in [0.29, 0.717) is 24.4 Å². The molecule has 2 aromatic rings. The van der Waals surface area contributed by atoms with Gasteiger partial charge in [0.05, 0.1) is 24.1 Å². The minimum atomic E-state index is -0.0858. The van der Waals surface area contributed by atoms with E-state index in [1.165, 1.54) is 12.8 Å². The summed E-state index contributed by atoms with van der Waals surface area (Å²) in [7, 11) is 0. The largest absolute Gasteiger partial charge is 0.380 e. The van der Waals surface area contributed by atoms with E-state index in [1.54, 1.807) is 6.07 Å². The van der Waals surface area contributed by atoms with E-state index in [2.05, 4.69) is 15.3 Å². The topological polar surface area (TPSA) is 67.0 Å². The van der Waals surface area contributed by atoms with Crippen LogP contribution in [0.3, 0.4) is 0 Å². The van der Waals surface area contributed by atoms with Crippen LogP contribution in [0, 0.1) is 5.92 Å². The lowest BCUT2D eigenvalue weighted by Crippen LogP contribution is -2.23.